The third kappa shape index (κ3) is 5.10. The van der Waals surface area contributed by atoms with Gasteiger partial charge in [0.25, 0.3) is 0 Å². The highest BCUT2D eigenvalue weighted by Gasteiger charge is 2.31. The Morgan fingerprint density at radius 3 is 2.61 bits per heavy atom. The molecule has 0 aromatic carbocycles. The van der Waals surface area contributed by atoms with Crippen molar-refractivity contribution in [3.63, 3.8) is 0 Å². The maximum Gasteiger partial charge on any atom is 0.223 e. The molecule has 0 spiro atoms. The van der Waals surface area contributed by atoms with Crippen LogP contribution in [0.3, 0.4) is 0 Å². The summed E-state index contributed by atoms with van der Waals surface area (Å²) in [6.07, 6.45) is 5.39. The van der Waals surface area contributed by atoms with Crippen molar-refractivity contribution >= 4 is 5.91 Å². The van der Waals surface area contributed by atoms with Gasteiger partial charge in [0.15, 0.2) is 0 Å². The zero-order valence-corrected chi connectivity index (χ0v) is 17.1. The minimum Gasteiger partial charge on any atom is -0.379 e. The molecule has 4 rings (SSSR count). The van der Waals surface area contributed by atoms with E-state index in [0.717, 1.165) is 64.3 Å². The number of aryl methyl sites for hydroxylation is 1. The fourth-order valence-electron chi connectivity index (χ4n) is 4.85. The van der Waals surface area contributed by atoms with Gasteiger partial charge in [-0.3, -0.25) is 14.7 Å². The van der Waals surface area contributed by atoms with E-state index >= 15 is 0 Å². The Hall–Kier alpha value is -1.50. The fourth-order valence-corrected chi connectivity index (χ4v) is 4.85. The summed E-state index contributed by atoms with van der Waals surface area (Å²) in [7, 11) is 0. The topological polar surface area (TPSA) is 57.7 Å². The van der Waals surface area contributed by atoms with Crippen molar-refractivity contribution in [1.29, 1.82) is 0 Å². The summed E-state index contributed by atoms with van der Waals surface area (Å²) in [6, 6.07) is 7.20. The zero-order valence-electron chi connectivity index (χ0n) is 17.1. The van der Waals surface area contributed by atoms with Crippen molar-refractivity contribution < 1.29 is 9.53 Å². The first-order valence-corrected chi connectivity index (χ1v) is 10.9. The van der Waals surface area contributed by atoms with Crippen LogP contribution >= 0.6 is 0 Å². The quantitative estimate of drug-likeness (QED) is 0.839. The van der Waals surface area contributed by atoms with Crippen LogP contribution in [0.1, 0.15) is 43.5 Å². The molecule has 0 unspecified atom stereocenters. The second kappa shape index (κ2) is 9.33. The molecular weight excluding hydrogens is 352 g/mol. The summed E-state index contributed by atoms with van der Waals surface area (Å²) in [5, 5.41) is 3.18. The number of piperidine rings is 2. The minimum atomic E-state index is 0.185. The predicted molar refractivity (Wildman–Crippen MR) is 109 cm³/mol. The summed E-state index contributed by atoms with van der Waals surface area (Å²) >= 11 is 0. The van der Waals surface area contributed by atoms with E-state index in [0.29, 0.717) is 12.6 Å². The van der Waals surface area contributed by atoms with Crippen molar-refractivity contribution in [2.24, 2.45) is 5.92 Å². The van der Waals surface area contributed by atoms with Crippen LogP contribution in [0.5, 0.6) is 0 Å². The highest BCUT2D eigenvalue weighted by Crippen LogP contribution is 2.25. The molecule has 1 aromatic heterocycles. The van der Waals surface area contributed by atoms with Gasteiger partial charge in [-0.1, -0.05) is 6.07 Å². The molecule has 3 aliphatic heterocycles. The van der Waals surface area contributed by atoms with E-state index in [1.165, 1.54) is 18.5 Å². The van der Waals surface area contributed by atoms with Gasteiger partial charge in [-0.15, -0.1) is 0 Å². The van der Waals surface area contributed by atoms with Gasteiger partial charge in [-0.2, -0.15) is 0 Å². The Morgan fingerprint density at radius 2 is 1.93 bits per heavy atom. The van der Waals surface area contributed by atoms with Crippen molar-refractivity contribution in [3.8, 4) is 0 Å². The Morgan fingerprint density at radius 1 is 1.14 bits per heavy atom. The number of aromatic nitrogens is 1. The average Bonchev–Trinajstić information content (AvgIpc) is 3.22. The molecule has 28 heavy (non-hydrogen) atoms. The first-order chi connectivity index (χ1) is 13.7. The van der Waals surface area contributed by atoms with Crippen LogP contribution in [0.15, 0.2) is 18.2 Å². The number of carbonyl (C=O) groups is 1. The molecule has 0 aliphatic carbocycles. The van der Waals surface area contributed by atoms with Gasteiger partial charge in [0.2, 0.25) is 5.91 Å². The van der Waals surface area contributed by atoms with Crippen LogP contribution in [0, 0.1) is 12.8 Å². The van der Waals surface area contributed by atoms with Gasteiger partial charge in [-0.05, 0) is 64.3 Å². The van der Waals surface area contributed by atoms with Gasteiger partial charge >= 0.3 is 0 Å². The van der Waals surface area contributed by atoms with Gasteiger partial charge in [0.05, 0.1) is 18.3 Å². The van der Waals surface area contributed by atoms with Crippen LogP contribution in [0.25, 0.3) is 0 Å². The van der Waals surface area contributed by atoms with E-state index in [-0.39, 0.29) is 17.9 Å². The second-order valence-corrected chi connectivity index (χ2v) is 8.66. The molecule has 3 fully saturated rings. The number of nitrogens with one attached hydrogen (secondary N) is 1. The number of likely N-dealkylation sites (tertiary alicyclic amines) is 2. The molecule has 6 nitrogen and oxygen atoms in total. The number of ether oxygens (including phenoxy) is 1. The normalized spacial score (nSPS) is 25.8. The van der Waals surface area contributed by atoms with E-state index in [4.69, 9.17) is 4.74 Å². The smallest absolute Gasteiger partial charge is 0.223 e. The molecule has 0 saturated carbocycles. The molecule has 6 heteroatoms. The first-order valence-electron chi connectivity index (χ1n) is 10.9. The molecule has 1 amide bonds. The summed E-state index contributed by atoms with van der Waals surface area (Å²) in [6.45, 7) is 8.88. The van der Waals surface area contributed by atoms with Crippen LogP contribution in [0.2, 0.25) is 0 Å². The molecule has 0 bridgehead atoms. The molecule has 3 saturated heterocycles. The zero-order chi connectivity index (χ0) is 19.3. The van der Waals surface area contributed by atoms with E-state index in [9.17, 15) is 4.79 Å². The first kappa shape index (κ1) is 19.8. The molecule has 154 valence electrons. The number of nitrogens with zero attached hydrogens (tertiary/aromatic N) is 3. The maximum atomic E-state index is 12.5. The molecule has 1 N–H and O–H groups in total. The number of hydrogen-bond acceptors (Lipinski definition) is 5. The lowest BCUT2D eigenvalue weighted by molar-refractivity contribution is -0.127. The number of carbonyl (C=O) groups excluding carboxylic acids is 1. The fraction of sp³-hybridized carbons (Fsp3) is 0.727. The highest BCUT2D eigenvalue weighted by atomic mass is 16.5. The lowest BCUT2D eigenvalue weighted by atomic mass is 9.92. The van der Waals surface area contributed by atoms with Crippen molar-refractivity contribution in [2.75, 3.05) is 39.4 Å². The number of pyridine rings is 1. The lowest BCUT2D eigenvalue weighted by Gasteiger charge is -2.41. The maximum absolute atomic E-state index is 12.5. The highest BCUT2D eigenvalue weighted by molar-refractivity contribution is 5.79. The molecule has 3 aliphatic rings. The third-order valence-corrected chi connectivity index (χ3v) is 6.58. The number of hydrogen-bond donors (Lipinski definition) is 1. The van der Waals surface area contributed by atoms with Crippen molar-refractivity contribution in [3.05, 3.63) is 29.6 Å². The Labute approximate surface area is 168 Å². The Bertz CT molecular complexity index is 646. The molecule has 1 aromatic rings. The standard InChI is InChI=1S/C22H34N4O2/c1-17-3-2-4-19(23-17)15-25-10-7-21(8-11-25)26-12-5-18(6-13-26)22(27)24-20-9-14-28-16-20/h2-4,18,20-21H,5-16H2,1H3,(H,24,27)/t20-/m1/s1. The van der Waals surface area contributed by atoms with Gasteiger partial charge < -0.3 is 15.0 Å². The Balaban J connectivity index is 1.18. The van der Waals surface area contributed by atoms with Crippen molar-refractivity contribution in [1.82, 2.24) is 20.1 Å². The molecule has 1 atom stereocenters. The second-order valence-electron chi connectivity index (χ2n) is 8.66. The van der Waals surface area contributed by atoms with E-state index < -0.39 is 0 Å². The van der Waals surface area contributed by atoms with Crippen LogP contribution in [-0.4, -0.2) is 72.2 Å². The summed E-state index contributed by atoms with van der Waals surface area (Å²) in [5.74, 6) is 0.431. The van der Waals surface area contributed by atoms with Crippen LogP contribution in [0.4, 0.5) is 0 Å². The SMILES string of the molecule is Cc1cccc(CN2CCC(N3CCC(C(=O)N[C@@H]4CCOC4)CC3)CC2)n1. The summed E-state index contributed by atoms with van der Waals surface area (Å²) in [5.41, 5.74) is 2.28. The van der Waals surface area contributed by atoms with E-state index in [2.05, 4.69) is 45.2 Å². The van der Waals surface area contributed by atoms with E-state index in [1.54, 1.807) is 0 Å². The van der Waals surface area contributed by atoms with Crippen LogP contribution in [-0.2, 0) is 16.1 Å². The monoisotopic (exact) mass is 386 g/mol. The molecular formula is C22H34N4O2. The minimum absolute atomic E-state index is 0.185. The van der Waals surface area contributed by atoms with Crippen LogP contribution < -0.4 is 5.32 Å². The summed E-state index contributed by atoms with van der Waals surface area (Å²) < 4.78 is 5.36. The Kier molecular flexibility index (Phi) is 6.60. The number of rotatable bonds is 5. The van der Waals surface area contributed by atoms with E-state index in [1.807, 2.05) is 0 Å². The van der Waals surface area contributed by atoms with Gasteiger partial charge in [0.1, 0.15) is 0 Å². The average molecular weight is 387 g/mol. The largest absolute Gasteiger partial charge is 0.379 e. The van der Waals surface area contributed by atoms with Gasteiger partial charge in [0, 0.05) is 43.9 Å². The van der Waals surface area contributed by atoms with Crippen molar-refractivity contribution in [2.45, 2.75) is 57.7 Å². The molecule has 0 radical (unpaired) electrons. The molecule has 4 heterocycles. The lowest BCUT2D eigenvalue weighted by Crippen LogP contribution is -2.49. The number of amides is 1. The van der Waals surface area contributed by atoms with Gasteiger partial charge in [-0.25, -0.2) is 0 Å². The third-order valence-electron chi connectivity index (χ3n) is 6.58. The summed E-state index contributed by atoms with van der Waals surface area (Å²) in [4.78, 5) is 22.3. The predicted octanol–water partition coefficient (Wildman–Crippen LogP) is 1.97.